The van der Waals surface area contributed by atoms with Crippen molar-refractivity contribution in [3.05, 3.63) is 18.0 Å². The second kappa shape index (κ2) is 5.25. The molecule has 4 nitrogen and oxygen atoms in total. The van der Waals surface area contributed by atoms with Crippen LogP contribution in [0.15, 0.2) is 12.4 Å². The van der Waals surface area contributed by atoms with Crippen molar-refractivity contribution in [1.82, 2.24) is 9.78 Å². The molecule has 0 radical (unpaired) electrons. The van der Waals surface area contributed by atoms with Crippen LogP contribution in [-0.4, -0.2) is 27.8 Å². The van der Waals surface area contributed by atoms with Crippen LogP contribution in [0.2, 0.25) is 0 Å². The molecule has 4 heteroatoms. The third-order valence-corrected chi connectivity index (χ3v) is 2.13. The first-order chi connectivity index (χ1) is 7.42. The van der Waals surface area contributed by atoms with Crippen LogP contribution >= 0.6 is 0 Å². The van der Waals surface area contributed by atoms with Crippen LogP contribution in [0.25, 0.3) is 0 Å². The summed E-state index contributed by atoms with van der Waals surface area (Å²) < 4.78 is 7.33. The summed E-state index contributed by atoms with van der Waals surface area (Å²) in [7, 11) is 0. The Kier molecular flexibility index (Phi) is 4.24. The fraction of sp³-hybridized carbons (Fsp3) is 0.667. The SMILES string of the molecule is CCC(=O)c1cnn(CCOC(C)(C)C)c1. The maximum atomic E-state index is 11.4. The molecule has 0 spiro atoms. The molecule has 0 aliphatic heterocycles. The number of rotatable bonds is 5. The first kappa shape index (κ1) is 12.9. The normalized spacial score (nSPS) is 11.8. The molecule has 0 aromatic carbocycles. The number of ketones is 1. The summed E-state index contributed by atoms with van der Waals surface area (Å²) in [6, 6.07) is 0. The van der Waals surface area contributed by atoms with Crippen molar-refractivity contribution in [3.63, 3.8) is 0 Å². The first-order valence-corrected chi connectivity index (χ1v) is 5.62. The van der Waals surface area contributed by atoms with Gasteiger partial charge in [-0.1, -0.05) is 6.92 Å². The molecule has 1 aromatic heterocycles. The Balaban J connectivity index is 2.44. The fourth-order valence-electron chi connectivity index (χ4n) is 1.28. The van der Waals surface area contributed by atoms with Gasteiger partial charge in [0, 0.05) is 12.6 Å². The molecular formula is C12H20N2O2. The molecule has 0 N–H and O–H groups in total. The number of hydrogen-bond donors (Lipinski definition) is 0. The van der Waals surface area contributed by atoms with Gasteiger partial charge < -0.3 is 4.74 Å². The van der Waals surface area contributed by atoms with Crippen LogP contribution in [0, 0.1) is 0 Å². The Morgan fingerprint density at radius 3 is 2.75 bits per heavy atom. The lowest BCUT2D eigenvalue weighted by Gasteiger charge is -2.19. The van der Waals surface area contributed by atoms with E-state index in [2.05, 4.69) is 5.10 Å². The number of hydrogen-bond acceptors (Lipinski definition) is 3. The predicted octanol–water partition coefficient (Wildman–Crippen LogP) is 2.29. The summed E-state index contributed by atoms with van der Waals surface area (Å²) >= 11 is 0. The number of carbonyl (C=O) groups excluding carboxylic acids is 1. The van der Waals surface area contributed by atoms with Gasteiger partial charge in [-0.3, -0.25) is 9.48 Å². The highest BCUT2D eigenvalue weighted by atomic mass is 16.5. The first-order valence-electron chi connectivity index (χ1n) is 5.62. The van der Waals surface area contributed by atoms with E-state index in [0.29, 0.717) is 25.1 Å². The van der Waals surface area contributed by atoms with Gasteiger partial charge in [-0.05, 0) is 20.8 Å². The highest BCUT2D eigenvalue weighted by molar-refractivity contribution is 5.95. The predicted molar refractivity (Wildman–Crippen MR) is 62.6 cm³/mol. The lowest BCUT2D eigenvalue weighted by atomic mass is 10.2. The van der Waals surface area contributed by atoms with Gasteiger partial charge in [0.05, 0.1) is 30.5 Å². The molecule has 0 fully saturated rings. The molecule has 0 bridgehead atoms. The van der Waals surface area contributed by atoms with Gasteiger partial charge >= 0.3 is 0 Å². The summed E-state index contributed by atoms with van der Waals surface area (Å²) in [5.41, 5.74) is 0.549. The van der Waals surface area contributed by atoms with Crippen molar-refractivity contribution in [2.45, 2.75) is 46.3 Å². The molecule has 1 rings (SSSR count). The zero-order valence-corrected chi connectivity index (χ0v) is 10.5. The van der Waals surface area contributed by atoms with Gasteiger partial charge in [-0.15, -0.1) is 0 Å². The molecular weight excluding hydrogens is 204 g/mol. The zero-order valence-electron chi connectivity index (χ0n) is 10.5. The van der Waals surface area contributed by atoms with Gasteiger partial charge in [0.2, 0.25) is 0 Å². The third kappa shape index (κ3) is 4.14. The molecule has 0 aliphatic rings. The number of aromatic nitrogens is 2. The monoisotopic (exact) mass is 224 g/mol. The van der Waals surface area contributed by atoms with Crippen molar-refractivity contribution in [2.24, 2.45) is 0 Å². The van der Waals surface area contributed by atoms with Crippen molar-refractivity contribution in [3.8, 4) is 0 Å². The van der Waals surface area contributed by atoms with Gasteiger partial charge in [0.1, 0.15) is 0 Å². The van der Waals surface area contributed by atoms with E-state index in [1.807, 2.05) is 27.7 Å². The van der Waals surface area contributed by atoms with E-state index in [-0.39, 0.29) is 11.4 Å². The molecule has 0 aliphatic carbocycles. The number of Topliss-reactive ketones (excluding diaryl/α,β-unsaturated/α-hetero) is 1. The molecule has 1 heterocycles. The maximum Gasteiger partial charge on any atom is 0.165 e. The lowest BCUT2D eigenvalue weighted by Crippen LogP contribution is -2.22. The maximum absolute atomic E-state index is 11.4. The van der Waals surface area contributed by atoms with Crippen LogP contribution in [0.4, 0.5) is 0 Å². The standard InChI is InChI=1S/C12H20N2O2/c1-5-11(15)10-8-13-14(9-10)6-7-16-12(2,3)4/h8-9H,5-7H2,1-4H3. The number of ether oxygens (including phenoxy) is 1. The van der Waals surface area contributed by atoms with E-state index in [1.54, 1.807) is 17.1 Å². The van der Waals surface area contributed by atoms with E-state index in [0.717, 1.165) is 0 Å². The minimum Gasteiger partial charge on any atom is -0.374 e. The van der Waals surface area contributed by atoms with Crippen LogP contribution in [0.1, 0.15) is 44.5 Å². The van der Waals surface area contributed by atoms with E-state index in [4.69, 9.17) is 4.74 Å². The zero-order chi connectivity index (χ0) is 12.2. The molecule has 0 unspecified atom stereocenters. The van der Waals surface area contributed by atoms with Gasteiger partial charge in [-0.25, -0.2) is 0 Å². The summed E-state index contributed by atoms with van der Waals surface area (Å²) in [6.45, 7) is 9.17. The summed E-state index contributed by atoms with van der Waals surface area (Å²) in [5, 5.41) is 4.12. The van der Waals surface area contributed by atoms with Crippen molar-refractivity contribution in [1.29, 1.82) is 0 Å². The number of carbonyl (C=O) groups is 1. The minimum absolute atomic E-state index is 0.128. The average Bonchev–Trinajstić information content (AvgIpc) is 2.63. The van der Waals surface area contributed by atoms with E-state index in [1.165, 1.54) is 0 Å². The van der Waals surface area contributed by atoms with Crippen molar-refractivity contribution < 1.29 is 9.53 Å². The molecule has 90 valence electrons. The average molecular weight is 224 g/mol. The Hall–Kier alpha value is -1.16. The Morgan fingerprint density at radius 2 is 2.19 bits per heavy atom. The highest BCUT2D eigenvalue weighted by Gasteiger charge is 2.10. The summed E-state index contributed by atoms with van der Waals surface area (Å²) in [5.74, 6) is 0.128. The molecule has 0 saturated heterocycles. The molecule has 1 aromatic rings. The van der Waals surface area contributed by atoms with E-state index < -0.39 is 0 Å². The minimum atomic E-state index is -0.130. The summed E-state index contributed by atoms with van der Waals surface area (Å²) in [6.07, 6.45) is 3.91. The quantitative estimate of drug-likeness (QED) is 0.721. The molecule has 0 amide bonds. The lowest BCUT2D eigenvalue weighted by molar-refractivity contribution is -0.00790. The summed E-state index contributed by atoms with van der Waals surface area (Å²) in [4.78, 5) is 11.4. The smallest absolute Gasteiger partial charge is 0.165 e. The van der Waals surface area contributed by atoms with Crippen molar-refractivity contribution >= 4 is 5.78 Å². The highest BCUT2D eigenvalue weighted by Crippen LogP contribution is 2.07. The van der Waals surface area contributed by atoms with Crippen LogP contribution in [0.5, 0.6) is 0 Å². The largest absolute Gasteiger partial charge is 0.374 e. The second-order valence-corrected chi connectivity index (χ2v) is 4.73. The fourth-order valence-corrected chi connectivity index (χ4v) is 1.28. The molecule has 0 saturated carbocycles. The Labute approximate surface area is 96.6 Å². The van der Waals surface area contributed by atoms with Crippen molar-refractivity contribution in [2.75, 3.05) is 6.61 Å². The van der Waals surface area contributed by atoms with Crippen LogP contribution in [-0.2, 0) is 11.3 Å². The Bertz CT molecular complexity index is 350. The van der Waals surface area contributed by atoms with E-state index in [9.17, 15) is 4.79 Å². The molecule has 0 atom stereocenters. The number of nitrogens with zero attached hydrogens (tertiary/aromatic N) is 2. The van der Waals surface area contributed by atoms with Gasteiger partial charge in [0.25, 0.3) is 0 Å². The molecule has 16 heavy (non-hydrogen) atoms. The van der Waals surface area contributed by atoms with Crippen LogP contribution < -0.4 is 0 Å². The van der Waals surface area contributed by atoms with E-state index >= 15 is 0 Å². The topological polar surface area (TPSA) is 44.1 Å². The Morgan fingerprint density at radius 1 is 1.50 bits per heavy atom. The van der Waals surface area contributed by atoms with Gasteiger partial charge in [0.15, 0.2) is 5.78 Å². The third-order valence-electron chi connectivity index (χ3n) is 2.13. The van der Waals surface area contributed by atoms with Crippen LogP contribution in [0.3, 0.4) is 0 Å². The second-order valence-electron chi connectivity index (χ2n) is 4.73. The van der Waals surface area contributed by atoms with Gasteiger partial charge in [-0.2, -0.15) is 5.10 Å².